The minimum absolute atomic E-state index is 0.290. The molecule has 0 fully saturated rings. The minimum atomic E-state index is -0.290. The van der Waals surface area contributed by atoms with Gasteiger partial charge in [0.05, 0.1) is 12.8 Å². The van der Waals surface area contributed by atoms with Crippen molar-refractivity contribution in [3.8, 4) is 5.75 Å². The molecule has 1 aromatic heterocycles. The molecule has 2 aromatic rings. The van der Waals surface area contributed by atoms with Crippen molar-refractivity contribution in [1.29, 1.82) is 0 Å². The first-order valence-electron chi connectivity index (χ1n) is 7.21. The smallest absolute Gasteiger partial charge is 0.126 e. The van der Waals surface area contributed by atoms with Gasteiger partial charge in [0.1, 0.15) is 23.9 Å². The molecule has 0 atom stereocenters. The Morgan fingerprint density at radius 1 is 1.29 bits per heavy atom. The Kier molecular flexibility index (Phi) is 5.39. The zero-order valence-corrected chi connectivity index (χ0v) is 12.8. The number of furan rings is 1. The summed E-state index contributed by atoms with van der Waals surface area (Å²) in [5, 5.41) is 3.34. The summed E-state index contributed by atoms with van der Waals surface area (Å²) in [5.74, 6) is 1.73. The van der Waals surface area contributed by atoms with Gasteiger partial charge >= 0.3 is 0 Å². The summed E-state index contributed by atoms with van der Waals surface area (Å²) in [6.45, 7) is 8.20. The van der Waals surface area contributed by atoms with Crippen molar-refractivity contribution in [2.45, 2.75) is 33.9 Å². The maximum absolute atomic E-state index is 13.2. The molecule has 0 aliphatic heterocycles. The van der Waals surface area contributed by atoms with Gasteiger partial charge < -0.3 is 14.5 Å². The molecule has 0 spiro atoms. The predicted octanol–water partition coefficient (Wildman–Crippen LogP) is 4.05. The van der Waals surface area contributed by atoms with Crippen molar-refractivity contribution in [2.75, 3.05) is 6.54 Å². The molecule has 4 heteroatoms. The SMILES string of the molecule is Cc1ccc(F)cc1OCc1ccoc1CNCC(C)C. The number of aryl methyl sites for hydroxylation is 1. The summed E-state index contributed by atoms with van der Waals surface area (Å²) in [6.07, 6.45) is 1.66. The molecule has 0 amide bonds. The fraction of sp³-hybridized carbons (Fsp3) is 0.412. The van der Waals surface area contributed by atoms with Crippen molar-refractivity contribution in [1.82, 2.24) is 5.32 Å². The first-order valence-corrected chi connectivity index (χ1v) is 7.21. The van der Waals surface area contributed by atoms with Crippen LogP contribution < -0.4 is 10.1 Å². The zero-order chi connectivity index (χ0) is 15.2. The van der Waals surface area contributed by atoms with Crippen LogP contribution in [0.2, 0.25) is 0 Å². The van der Waals surface area contributed by atoms with Crippen LogP contribution in [0.5, 0.6) is 5.75 Å². The lowest BCUT2D eigenvalue weighted by molar-refractivity contribution is 0.297. The highest BCUT2D eigenvalue weighted by Gasteiger charge is 2.09. The lowest BCUT2D eigenvalue weighted by Crippen LogP contribution is -2.19. The molecule has 3 nitrogen and oxygen atoms in total. The summed E-state index contributed by atoms with van der Waals surface area (Å²) in [4.78, 5) is 0. The van der Waals surface area contributed by atoms with Crippen LogP contribution in [0.25, 0.3) is 0 Å². The van der Waals surface area contributed by atoms with Crippen molar-refractivity contribution in [2.24, 2.45) is 5.92 Å². The van der Waals surface area contributed by atoms with Gasteiger partial charge in [0.25, 0.3) is 0 Å². The van der Waals surface area contributed by atoms with E-state index in [-0.39, 0.29) is 5.82 Å². The highest BCUT2D eigenvalue weighted by Crippen LogP contribution is 2.21. The van der Waals surface area contributed by atoms with Gasteiger partial charge in [-0.25, -0.2) is 4.39 Å². The maximum Gasteiger partial charge on any atom is 0.126 e. The van der Waals surface area contributed by atoms with E-state index >= 15 is 0 Å². The molecule has 1 heterocycles. The number of nitrogens with one attached hydrogen (secondary N) is 1. The lowest BCUT2D eigenvalue weighted by Gasteiger charge is -2.10. The third kappa shape index (κ3) is 4.60. The van der Waals surface area contributed by atoms with Crippen molar-refractivity contribution in [3.05, 3.63) is 53.2 Å². The van der Waals surface area contributed by atoms with Gasteiger partial charge in [0, 0.05) is 11.6 Å². The molecule has 0 aliphatic rings. The molecule has 0 saturated heterocycles. The summed E-state index contributed by atoms with van der Waals surface area (Å²) < 4.78 is 24.4. The Bertz CT molecular complexity index is 578. The monoisotopic (exact) mass is 291 g/mol. The summed E-state index contributed by atoms with van der Waals surface area (Å²) in [5.41, 5.74) is 1.90. The van der Waals surface area contributed by atoms with Crippen LogP contribution in [0, 0.1) is 18.7 Å². The predicted molar refractivity (Wildman–Crippen MR) is 80.7 cm³/mol. The van der Waals surface area contributed by atoms with E-state index in [0.29, 0.717) is 24.8 Å². The van der Waals surface area contributed by atoms with Crippen LogP contribution in [0.15, 0.2) is 34.9 Å². The van der Waals surface area contributed by atoms with Gasteiger partial charge in [-0.2, -0.15) is 0 Å². The van der Waals surface area contributed by atoms with Crippen LogP contribution in [0.4, 0.5) is 4.39 Å². The van der Waals surface area contributed by atoms with Crippen LogP contribution in [-0.4, -0.2) is 6.54 Å². The molecule has 21 heavy (non-hydrogen) atoms. The van der Waals surface area contributed by atoms with Gasteiger partial charge in [-0.05, 0) is 37.1 Å². The summed E-state index contributed by atoms with van der Waals surface area (Å²) >= 11 is 0. The Morgan fingerprint density at radius 2 is 2.10 bits per heavy atom. The second kappa shape index (κ2) is 7.27. The van der Waals surface area contributed by atoms with Crippen molar-refractivity contribution < 1.29 is 13.5 Å². The highest BCUT2D eigenvalue weighted by molar-refractivity contribution is 5.33. The molecule has 1 aromatic carbocycles. The quantitative estimate of drug-likeness (QED) is 0.835. The van der Waals surface area contributed by atoms with Gasteiger partial charge in [0.15, 0.2) is 0 Å². The van der Waals surface area contributed by atoms with E-state index in [4.69, 9.17) is 9.15 Å². The Balaban J connectivity index is 1.94. The molecule has 114 valence electrons. The molecule has 1 N–H and O–H groups in total. The van der Waals surface area contributed by atoms with Crippen molar-refractivity contribution in [3.63, 3.8) is 0 Å². The van der Waals surface area contributed by atoms with E-state index in [9.17, 15) is 4.39 Å². The topological polar surface area (TPSA) is 34.4 Å². The Hall–Kier alpha value is -1.81. The van der Waals surface area contributed by atoms with Crippen LogP contribution in [0.1, 0.15) is 30.7 Å². The molecule has 0 aliphatic carbocycles. The molecule has 0 saturated carbocycles. The van der Waals surface area contributed by atoms with Crippen LogP contribution >= 0.6 is 0 Å². The molecular weight excluding hydrogens is 269 g/mol. The van der Waals surface area contributed by atoms with Gasteiger partial charge in [0.2, 0.25) is 0 Å². The second-order valence-corrected chi connectivity index (χ2v) is 5.59. The fourth-order valence-electron chi connectivity index (χ4n) is 2.01. The molecular formula is C17H22FNO2. The van der Waals surface area contributed by atoms with Crippen LogP contribution in [-0.2, 0) is 13.2 Å². The minimum Gasteiger partial charge on any atom is -0.488 e. The highest BCUT2D eigenvalue weighted by atomic mass is 19.1. The van der Waals surface area contributed by atoms with Gasteiger partial charge in [-0.1, -0.05) is 19.9 Å². The standard InChI is InChI=1S/C17H22FNO2/c1-12(2)9-19-10-17-14(6-7-20-17)11-21-16-8-15(18)5-4-13(16)3/h4-8,12,19H,9-11H2,1-3H3. The van der Waals surface area contributed by atoms with E-state index < -0.39 is 0 Å². The average Bonchev–Trinajstić information content (AvgIpc) is 2.87. The zero-order valence-electron chi connectivity index (χ0n) is 12.8. The third-order valence-electron chi connectivity index (χ3n) is 3.21. The average molecular weight is 291 g/mol. The van der Waals surface area contributed by atoms with E-state index in [0.717, 1.165) is 23.4 Å². The number of hydrogen-bond acceptors (Lipinski definition) is 3. The maximum atomic E-state index is 13.2. The number of ether oxygens (including phenoxy) is 1. The largest absolute Gasteiger partial charge is 0.488 e. The Labute approximate surface area is 125 Å². The Morgan fingerprint density at radius 3 is 2.86 bits per heavy atom. The molecule has 0 bridgehead atoms. The van der Waals surface area contributed by atoms with E-state index in [1.54, 1.807) is 12.3 Å². The molecule has 0 unspecified atom stereocenters. The van der Waals surface area contributed by atoms with Crippen molar-refractivity contribution >= 4 is 0 Å². The van der Waals surface area contributed by atoms with E-state index in [1.807, 2.05) is 13.0 Å². The van der Waals surface area contributed by atoms with Gasteiger partial charge in [-0.3, -0.25) is 0 Å². The van der Waals surface area contributed by atoms with E-state index in [1.165, 1.54) is 12.1 Å². The summed E-state index contributed by atoms with van der Waals surface area (Å²) in [6, 6.07) is 6.44. The lowest BCUT2D eigenvalue weighted by atomic mass is 10.2. The van der Waals surface area contributed by atoms with Gasteiger partial charge in [-0.15, -0.1) is 0 Å². The number of hydrogen-bond donors (Lipinski definition) is 1. The normalized spacial score (nSPS) is 11.1. The first kappa shape index (κ1) is 15.6. The molecule has 2 rings (SSSR count). The number of benzene rings is 1. The number of rotatable bonds is 7. The fourth-order valence-corrected chi connectivity index (χ4v) is 2.01. The summed E-state index contributed by atoms with van der Waals surface area (Å²) in [7, 11) is 0. The van der Waals surface area contributed by atoms with Crippen LogP contribution in [0.3, 0.4) is 0 Å². The molecule has 0 radical (unpaired) electrons. The first-order chi connectivity index (χ1) is 10.1. The van der Waals surface area contributed by atoms with E-state index in [2.05, 4.69) is 19.2 Å². The third-order valence-corrected chi connectivity index (χ3v) is 3.21. The number of halogens is 1. The second-order valence-electron chi connectivity index (χ2n) is 5.59.